The van der Waals surface area contributed by atoms with E-state index in [1.165, 1.54) is 13.8 Å². The van der Waals surface area contributed by atoms with Gasteiger partial charge in [0.25, 0.3) is 0 Å². The first kappa shape index (κ1) is 20.4. The van der Waals surface area contributed by atoms with E-state index in [4.69, 9.17) is 5.11 Å². The van der Waals surface area contributed by atoms with Crippen molar-refractivity contribution in [3.8, 4) is 0 Å². The quantitative estimate of drug-likeness (QED) is 0.839. The molecule has 1 N–H and O–H groups in total. The summed E-state index contributed by atoms with van der Waals surface area (Å²) in [6.45, 7) is 12.7. The molecule has 0 aromatic heterocycles. The van der Waals surface area contributed by atoms with Gasteiger partial charge in [0.2, 0.25) is 0 Å². The number of ketones is 1. The smallest absolute Gasteiger partial charge is 0.318 e. The zero-order valence-electron chi connectivity index (χ0n) is 12.9. The van der Waals surface area contributed by atoms with Gasteiger partial charge in [-0.2, -0.15) is 0 Å². The van der Waals surface area contributed by atoms with E-state index in [9.17, 15) is 18.0 Å². The van der Waals surface area contributed by atoms with E-state index in [2.05, 4.69) is 13.8 Å². The van der Waals surface area contributed by atoms with Crippen LogP contribution in [0.2, 0.25) is 0 Å². The van der Waals surface area contributed by atoms with E-state index in [0.717, 1.165) is 0 Å². The largest absolute Gasteiger partial charge is 0.480 e. The van der Waals surface area contributed by atoms with Crippen molar-refractivity contribution >= 4 is 21.6 Å². The van der Waals surface area contributed by atoms with Crippen molar-refractivity contribution < 1.29 is 23.1 Å². The van der Waals surface area contributed by atoms with Gasteiger partial charge in [0, 0.05) is 5.41 Å². The summed E-state index contributed by atoms with van der Waals surface area (Å²) >= 11 is 0. The standard InChI is InChI=1S/C8H16O.C5H10O4S/c1-6(2)8(4,5)7(3)9;1-4(2)10(8,9)3-5(6)7/h6H,1-5H3;4H,3H2,1-2H3,(H,6,7). The highest BCUT2D eigenvalue weighted by molar-refractivity contribution is 7.92. The van der Waals surface area contributed by atoms with Gasteiger partial charge < -0.3 is 5.11 Å². The van der Waals surface area contributed by atoms with Gasteiger partial charge in [-0.15, -0.1) is 0 Å². The van der Waals surface area contributed by atoms with Crippen LogP contribution in [0.4, 0.5) is 0 Å². The van der Waals surface area contributed by atoms with Gasteiger partial charge in [0.05, 0.1) is 5.25 Å². The summed E-state index contributed by atoms with van der Waals surface area (Å²) in [4.78, 5) is 20.8. The Morgan fingerprint density at radius 2 is 1.47 bits per heavy atom. The number of Topliss-reactive ketones (excluding diaryl/α,β-unsaturated/α-hetero) is 1. The summed E-state index contributed by atoms with van der Waals surface area (Å²) in [6, 6.07) is 0. The normalized spacial score (nSPS) is 12.1. The highest BCUT2D eigenvalue weighted by Crippen LogP contribution is 2.26. The van der Waals surface area contributed by atoms with Crippen molar-refractivity contribution in [3.05, 3.63) is 0 Å². The third-order valence-corrected chi connectivity index (χ3v) is 5.48. The molecule has 0 amide bonds. The fraction of sp³-hybridized carbons (Fsp3) is 0.846. The molecule has 0 fully saturated rings. The Balaban J connectivity index is 0. The Morgan fingerprint density at radius 3 is 1.53 bits per heavy atom. The van der Waals surface area contributed by atoms with E-state index >= 15 is 0 Å². The molecular weight excluding hydrogens is 268 g/mol. The van der Waals surface area contributed by atoms with Gasteiger partial charge in [-0.1, -0.05) is 27.7 Å². The molecule has 0 aliphatic heterocycles. The predicted octanol–water partition coefficient (Wildman–Crippen LogP) is 2.15. The van der Waals surface area contributed by atoms with Crippen LogP contribution in [-0.4, -0.2) is 36.3 Å². The second-order valence-electron chi connectivity index (χ2n) is 5.68. The molecule has 0 aliphatic rings. The zero-order valence-corrected chi connectivity index (χ0v) is 13.7. The highest BCUT2D eigenvalue weighted by Gasteiger charge is 2.26. The summed E-state index contributed by atoms with van der Waals surface area (Å²) in [5.74, 6) is -1.36. The molecule has 0 atom stereocenters. The Bertz CT molecular complexity index is 405. The van der Waals surface area contributed by atoms with E-state index in [1.807, 2.05) is 13.8 Å². The number of carbonyl (C=O) groups is 2. The molecule has 0 aromatic carbocycles. The summed E-state index contributed by atoms with van der Waals surface area (Å²) in [5, 5.41) is 7.51. The number of carboxylic acids is 1. The van der Waals surface area contributed by atoms with Crippen molar-refractivity contribution in [1.29, 1.82) is 0 Å². The molecule has 0 aromatic rings. The first-order chi connectivity index (χ1) is 8.25. The topological polar surface area (TPSA) is 88.5 Å². The van der Waals surface area contributed by atoms with Crippen molar-refractivity contribution in [1.82, 2.24) is 0 Å². The van der Waals surface area contributed by atoms with E-state index in [0.29, 0.717) is 5.92 Å². The van der Waals surface area contributed by atoms with Gasteiger partial charge in [-0.25, -0.2) is 8.42 Å². The molecule has 19 heavy (non-hydrogen) atoms. The molecule has 0 unspecified atom stereocenters. The molecule has 0 bridgehead atoms. The lowest BCUT2D eigenvalue weighted by Gasteiger charge is -2.25. The lowest BCUT2D eigenvalue weighted by molar-refractivity contribution is -0.134. The molecule has 0 saturated heterocycles. The highest BCUT2D eigenvalue weighted by atomic mass is 32.2. The van der Waals surface area contributed by atoms with Crippen LogP contribution in [-0.2, 0) is 19.4 Å². The molecule has 114 valence electrons. The summed E-state index contributed by atoms with van der Waals surface area (Å²) < 4.78 is 21.5. The number of rotatable bonds is 5. The fourth-order valence-corrected chi connectivity index (χ4v) is 1.42. The SMILES string of the molecule is CC(=O)C(C)(C)C(C)C.CC(C)S(=O)(=O)CC(=O)O. The van der Waals surface area contributed by atoms with Crippen LogP contribution in [0, 0.1) is 11.3 Å². The fourth-order valence-electron chi connectivity index (χ4n) is 0.745. The molecule has 0 rings (SSSR count). The van der Waals surface area contributed by atoms with E-state index in [1.54, 1.807) is 6.92 Å². The first-order valence-electron chi connectivity index (χ1n) is 6.19. The molecule has 5 nitrogen and oxygen atoms in total. The average molecular weight is 294 g/mol. The molecular formula is C13H26O5S. The minimum absolute atomic E-state index is 0.139. The van der Waals surface area contributed by atoms with Gasteiger partial charge in [-0.3, -0.25) is 9.59 Å². The Kier molecular flexibility index (Phi) is 8.19. The van der Waals surface area contributed by atoms with Crippen LogP contribution in [0.25, 0.3) is 0 Å². The minimum atomic E-state index is -3.40. The van der Waals surface area contributed by atoms with Crippen molar-refractivity contribution in [2.24, 2.45) is 11.3 Å². The number of hydrogen-bond donors (Lipinski definition) is 1. The van der Waals surface area contributed by atoms with Crippen LogP contribution in [0.1, 0.15) is 48.5 Å². The Labute approximate surface area is 116 Å². The second kappa shape index (κ2) is 7.62. The Morgan fingerprint density at radius 1 is 1.11 bits per heavy atom. The van der Waals surface area contributed by atoms with Crippen LogP contribution >= 0.6 is 0 Å². The number of carbonyl (C=O) groups excluding carboxylic acids is 1. The summed E-state index contributed by atoms with van der Waals surface area (Å²) in [7, 11) is -3.40. The van der Waals surface area contributed by atoms with Crippen molar-refractivity contribution in [3.63, 3.8) is 0 Å². The van der Waals surface area contributed by atoms with Crippen LogP contribution in [0.3, 0.4) is 0 Å². The maximum absolute atomic E-state index is 10.9. The van der Waals surface area contributed by atoms with Crippen molar-refractivity contribution in [2.75, 3.05) is 5.75 Å². The van der Waals surface area contributed by atoms with Crippen LogP contribution < -0.4 is 0 Å². The van der Waals surface area contributed by atoms with Gasteiger partial charge in [-0.05, 0) is 26.7 Å². The zero-order chi connectivity index (χ0) is 16.0. The predicted molar refractivity (Wildman–Crippen MR) is 75.9 cm³/mol. The molecule has 6 heteroatoms. The van der Waals surface area contributed by atoms with E-state index < -0.39 is 26.8 Å². The lowest BCUT2D eigenvalue weighted by atomic mass is 9.78. The molecule has 0 spiro atoms. The maximum Gasteiger partial charge on any atom is 0.318 e. The average Bonchev–Trinajstić information content (AvgIpc) is 2.15. The van der Waals surface area contributed by atoms with Gasteiger partial charge in [0.1, 0.15) is 11.5 Å². The van der Waals surface area contributed by atoms with Crippen LogP contribution in [0.15, 0.2) is 0 Å². The summed E-state index contributed by atoms with van der Waals surface area (Å²) in [5.41, 5.74) is -0.139. The molecule has 0 saturated carbocycles. The summed E-state index contributed by atoms with van der Waals surface area (Å²) in [6.07, 6.45) is 0. The van der Waals surface area contributed by atoms with E-state index in [-0.39, 0.29) is 11.2 Å². The maximum atomic E-state index is 10.9. The molecule has 0 radical (unpaired) electrons. The van der Waals surface area contributed by atoms with Gasteiger partial charge >= 0.3 is 5.97 Å². The third kappa shape index (κ3) is 7.97. The first-order valence-corrected chi connectivity index (χ1v) is 7.91. The number of hydrogen-bond acceptors (Lipinski definition) is 4. The lowest BCUT2D eigenvalue weighted by Crippen LogP contribution is -2.27. The monoisotopic (exact) mass is 294 g/mol. The Hall–Kier alpha value is -0.910. The number of sulfone groups is 1. The third-order valence-electron chi connectivity index (χ3n) is 3.39. The molecule has 0 heterocycles. The number of carboxylic acid groups (broad SMARTS) is 1. The minimum Gasteiger partial charge on any atom is -0.480 e. The number of aliphatic carboxylic acids is 1. The molecule has 0 aliphatic carbocycles. The van der Waals surface area contributed by atoms with Crippen molar-refractivity contribution in [2.45, 2.75) is 53.7 Å². The van der Waals surface area contributed by atoms with Gasteiger partial charge in [0.15, 0.2) is 9.84 Å². The van der Waals surface area contributed by atoms with Crippen LogP contribution in [0.5, 0.6) is 0 Å². The second-order valence-corrected chi connectivity index (χ2v) is 8.24.